The van der Waals surface area contributed by atoms with E-state index in [4.69, 9.17) is 0 Å². The van der Waals surface area contributed by atoms with Gasteiger partial charge in [-0.15, -0.1) is 0 Å². The Balaban J connectivity index is 1.52. The molecular weight excluding hydrogens is 441 g/mol. The van der Waals surface area contributed by atoms with Crippen molar-refractivity contribution < 1.29 is 14.3 Å². The van der Waals surface area contributed by atoms with Gasteiger partial charge in [-0.05, 0) is 70.1 Å². The van der Waals surface area contributed by atoms with Gasteiger partial charge in [0.25, 0.3) is 5.56 Å². The average Bonchev–Trinajstić information content (AvgIpc) is 2.70. The molecule has 2 aromatic carbocycles. The zero-order valence-electron chi connectivity index (χ0n) is 15.6. The van der Waals surface area contributed by atoms with E-state index < -0.39 is 5.82 Å². The number of fused-ring (bicyclic) bond motifs is 2. The molecule has 0 radical (unpaired) electrons. The van der Waals surface area contributed by atoms with Crippen molar-refractivity contribution >= 4 is 38.3 Å². The van der Waals surface area contributed by atoms with Crippen LogP contribution < -0.4 is 10.9 Å². The lowest BCUT2D eigenvalue weighted by atomic mass is 9.93. The predicted octanol–water partition coefficient (Wildman–Crippen LogP) is 3.69. The minimum Gasteiger partial charge on any atom is -0.507 e. The molecule has 0 aliphatic carbocycles. The number of hydrogen-bond acceptors (Lipinski definition) is 4. The molecule has 0 bridgehead atoms. The Hall–Kier alpha value is -2.87. The maximum absolute atomic E-state index is 14.4. The molecule has 3 N–H and O–H groups in total. The number of anilines is 1. The minimum absolute atomic E-state index is 0.0649. The Morgan fingerprint density at radius 1 is 1.38 bits per heavy atom. The van der Waals surface area contributed by atoms with Crippen LogP contribution in [0.25, 0.3) is 10.8 Å². The Labute approximate surface area is 174 Å². The van der Waals surface area contributed by atoms with Crippen LogP contribution in [0.5, 0.6) is 5.75 Å². The topological polar surface area (TPSA) is 85.4 Å². The molecule has 0 saturated heterocycles. The van der Waals surface area contributed by atoms with E-state index in [0.717, 1.165) is 11.1 Å². The summed E-state index contributed by atoms with van der Waals surface area (Å²) in [6.07, 6.45) is 2.12. The zero-order chi connectivity index (χ0) is 20.7. The predicted molar refractivity (Wildman–Crippen MR) is 113 cm³/mol. The van der Waals surface area contributed by atoms with Crippen molar-refractivity contribution in [3.05, 3.63) is 68.3 Å². The van der Waals surface area contributed by atoms with Crippen molar-refractivity contribution in [1.82, 2.24) is 9.88 Å². The number of benzene rings is 2. The molecule has 6 nitrogen and oxygen atoms in total. The summed E-state index contributed by atoms with van der Waals surface area (Å²) in [5, 5.41) is 13.6. The molecule has 0 saturated carbocycles. The van der Waals surface area contributed by atoms with Gasteiger partial charge in [0, 0.05) is 12.7 Å². The number of pyridine rings is 1. The second kappa shape index (κ2) is 7.51. The van der Waals surface area contributed by atoms with Gasteiger partial charge < -0.3 is 20.3 Å². The molecule has 1 atom stereocenters. The number of phenols is 1. The smallest absolute Gasteiger partial charge is 0.255 e. The fourth-order valence-corrected chi connectivity index (χ4v) is 4.38. The largest absolute Gasteiger partial charge is 0.507 e. The molecule has 0 fully saturated rings. The van der Waals surface area contributed by atoms with Crippen LogP contribution in [0, 0.1) is 5.82 Å². The van der Waals surface area contributed by atoms with Crippen molar-refractivity contribution in [3.8, 4) is 5.75 Å². The lowest BCUT2D eigenvalue weighted by Gasteiger charge is -2.36. The number of halogens is 2. The van der Waals surface area contributed by atoms with E-state index in [1.54, 1.807) is 17.0 Å². The third kappa shape index (κ3) is 3.48. The number of nitrogens with one attached hydrogen (secondary N) is 2. The first kappa shape index (κ1) is 19.4. The highest BCUT2D eigenvalue weighted by molar-refractivity contribution is 9.10. The van der Waals surface area contributed by atoms with Crippen LogP contribution in [0.4, 0.5) is 10.1 Å². The fourth-order valence-electron chi connectivity index (χ4n) is 3.82. The molecule has 1 unspecified atom stereocenters. The molecular formula is C21H19BrFN3O3. The second-order valence-electron chi connectivity index (χ2n) is 7.06. The number of phenolic OH excluding ortho intramolecular Hbond substituents is 1. The SMILES string of the molecule is CC1c2ccc(O)c(Br)c2CCN1C(=O)CNc1cc2cc[nH]c(=O)c2cc1F. The molecule has 1 aliphatic heterocycles. The van der Waals surface area contributed by atoms with Gasteiger partial charge in [0.1, 0.15) is 11.6 Å². The first-order valence-corrected chi connectivity index (χ1v) is 10.0. The molecule has 1 amide bonds. The van der Waals surface area contributed by atoms with Crippen LogP contribution in [-0.2, 0) is 11.2 Å². The first-order valence-electron chi connectivity index (χ1n) is 9.21. The van der Waals surface area contributed by atoms with Crippen molar-refractivity contribution in [2.45, 2.75) is 19.4 Å². The molecule has 8 heteroatoms. The van der Waals surface area contributed by atoms with E-state index in [2.05, 4.69) is 26.2 Å². The standard InChI is InChI=1S/C21H19BrFN3O3/c1-11-13-2-3-18(27)20(22)14(13)5-7-26(11)19(28)10-25-17-8-12-4-6-24-21(29)15(12)9-16(17)23/h2-4,6,8-9,11,25,27H,5,7,10H2,1H3,(H,24,29). The number of nitrogens with zero attached hydrogens (tertiary/aromatic N) is 1. The Kier molecular flexibility index (Phi) is 5.04. The van der Waals surface area contributed by atoms with Crippen molar-refractivity contribution in [3.63, 3.8) is 0 Å². The van der Waals surface area contributed by atoms with Crippen LogP contribution in [0.1, 0.15) is 24.1 Å². The zero-order valence-corrected chi connectivity index (χ0v) is 17.2. The van der Waals surface area contributed by atoms with Gasteiger partial charge in [-0.1, -0.05) is 6.07 Å². The molecule has 29 heavy (non-hydrogen) atoms. The highest BCUT2D eigenvalue weighted by atomic mass is 79.9. The number of hydrogen-bond donors (Lipinski definition) is 3. The number of rotatable bonds is 3. The summed E-state index contributed by atoms with van der Waals surface area (Å²) in [5.74, 6) is -0.556. The van der Waals surface area contributed by atoms with Crippen molar-refractivity contribution in [2.24, 2.45) is 0 Å². The fraction of sp³-hybridized carbons (Fsp3) is 0.238. The van der Waals surface area contributed by atoms with Gasteiger partial charge in [-0.2, -0.15) is 0 Å². The summed E-state index contributed by atoms with van der Waals surface area (Å²) in [5.41, 5.74) is 1.79. The number of aromatic amines is 1. The maximum atomic E-state index is 14.4. The summed E-state index contributed by atoms with van der Waals surface area (Å²) in [6.45, 7) is 2.37. The number of H-pyrrole nitrogens is 1. The van der Waals surface area contributed by atoms with Crippen LogP contribution in [-0.4, -0.2) is 34.0 Å². The van der Waals surface area contributed by atoms with E-state index in [1.807, 2.05) is 13.0 Å². The summed E-state index contributed by atoms with van der Waals surface area (Å²) in [6, 6.07) is 7.66. The summed E-state index contributed by atoms with van der Waals surface area (Å²) in [7, 11) is 0. The van der Waals surface area contributed by atoms with E-state index >= 15 is 0 Å². The van der Waals surface area contributed by atoms with Gasteiger partial charge in [-0.25, -0.2) is 4.39 Å². The number of aromatic hydroxyl groups is 1. The molecule has 4 rings (SSSR count). The van der Waals surface area contributed by atoms with Crippen LogP contribution in [0.2, 0.25) is 0 Å². The van der Waals surface area contributed by atoms with Gasteiger partial charge in [0.15, 0.2) is 0 Å². The number of carbonyl (C=O) groups excluding carboxylic acids is 1. The van der Waals surface area contributed by atoms with Crippen LogP contribution in [0.3, 0.4) is 0 Å². The second-order valence-corrected chi connectivity index (χ2v) is 7.85. The Morgan fingerprint density at radius 2 is 2.17 bits per heavy atom. The number of aromatic nitrogens is 1. The third-order valence-electron chi connectivity index (χ3n) is 5.39. The normalized spacial score (nSPS) is 16.0. The Morgan fingerprint density at radius 3 is 2.97 bits per heavy atom. The monoisotopic (exact) mass is 459 g/mol. The number of carbonyl (C=O) groups is 1. The highest BCUT2D eigenvalue weighted by Crippen LogP contribution is 2.38. The molecule has 0 spiro atoms. The lowest BCUT2D eigenvalue weighted by molar-refractivity contribution is -0.131. The summed E-state index contributed by atoms with van der Waals surface area (Å²) < 4.78 is 15.0. The molecule has 3 aromatic rings. The first-order chi connectivity index (χ1) is 13.9. The molecule has 2 heterocycles. The van der Waals surface area contributed by atoms with Gasteiger partial charge >= 0.3 is 0 Å². The van der Waals surface area contributed by atoms with E-state index in [9.17, 15) is 19.1 Å². The van der Waals surface area contributed by atoms with Crippen LogP contribution >= 0.6 is 15.9 Å². The van der Waals surface area contributed by atoms with Crippen LogP contribution in [0.15, 0.2) is 45.8 Å². The maximum Gasteiger partial charge on any atom is 0.255 e. The quantitative estimate of drug-likeness (QED) is 0.557. The van der Waals surface area contributed by atoms with E-state index in [1.165, 1.54) is 18.3 Å². The van der Waals surface area contributed by atoms with E-state index in [0.29, 0.717) is 22.8 Å². The lowest BCUT2D eigenvalue weighted by Crippen LogP contribution is -2.41. The highest BCUT2D eigenvalue weighted by Gasteiger charge is 2.29. The minimum atomic E-state index is -0.585. The number of amides is 1. The summed E-state index contributed by atoms with van der Waals surface area (Å²) >= 11 is 3.41. The third-order valence-corrected chi connectivity index (χ3v) is 6.28. The molecule has 1 aliphatic rings. The van der Waals surface area contributed by atoms with E-state index in [-0.39, 0.29) is 40.9 Å². The van der Waals surface area contributed by atoms with Gasteiger partial charge in [0.05, 0.1) is 28.1 Å². The average molecular weight is 460 g/mol. The van der Waals surface area contributed by atoms with Gasteiger partial charge in [-0.3, -0.25) is 9.59 Å². The Bertz CT molecular complexity index is 1180. The van der Waals surface area contributed by atoms with Crippen molar-refractivity contribution in [2.75, 3.05) is 18.4 Å². The van der Waals surface area contributed by atoms with Gasteiger partial charge in [0.2, 0.25) is 5.91 Å². The van der Waals surface area contributed by atoms with Crippen molar-refractivity contribution in [1.29, 1.82) is 0 Å². The molecule has 150 valence electrons. The summed E-state index contributed by atoms with van der Waals surface area (Å²) in [4.78, 5) is 28.8. The molecule has 1 aromatic heterocycles.